The fraction of sp³-hybridized carbons (Fsp3) is 0.520. The lowest BCUT2D eigenvalue weighted by atomic mass is 9.85. The molecular formula is C25H34FN5O4S. The summed E-state index contributed by atoms with van der Waals surface area (Å²) in [6.07, 6.45) is 4.91. The summed E-state index contributed by atoms with van der Waals surface area (Å²) in [5.41, 5.74) is 1.37. The van der Waals surface area contributed by atoms with Crippen LogP contribution in [0.1, 0.15) is 39.7 Å². The molecular weight excluding hydrogens is 485 g/mol. The van der Waals surface area contributed by atoms with Crippen LogP contribution in [-0.4, -0.2) is 78.4 Å². The third-order valence-corrected chi connectivity index (χ3v) is 8.27. The van der Waals surface area contributed by atoms with Gasteiger partial charge in [-0.2, -0.15) is 0 Å². The average molecular weight is 520 g/mol. The Morgan fingerprint density at radius 2 is 1.94 bits per heavy atom. The molecule has 1 aromatic heterocycles. The van der Waals surface area contributed by atoms with Crippen LogP contribution >= 0.6 is 0 Å². The molecule has 0 saturated carbocycles. The average Bonchev–Trinajstić information content (AvgIpc) is 3.48. The van der Waals surface area contributed by atoms with Gasteiger partial charge in [0, 0.05) is 41.0 Å². The highest BCUT2D eigenvalue weighted by Crippen LogP contribution is 2.43. The number of hydrogen-bond acceptors (Lipinski definition) is 5. The summed E-state index contributed by atoms with van der Waals surface area (Å²) in [7, 11) is -1.93. The van der Waals surface area contributed by atoms with Crippen molar-refractivity contribution in [2.45, 2.75) is 58.3 Å². The number of aromatic nitrogens is 1. The summed E-state index contributed by atoms with van der Waals surface area (Å²) in [5.74, 6) is -0.942. The molecule has 1 saturated heterocycles. The van der Waals surface area contributed by atoms with Gasteiger partial charge in [-0.15, -0.1) is 0 Å². The number of likely N-dealkylation sites (tertiary alicyclic amines) is 1. The number of amides is 2. The molecule has 0 bridgehead atoms. The highest BCUT2D eigenvalue weighted by molar-refractivity contribution is 7.88. The Kier molecular flexibility index (Phi) is 6.67. The first-order valence-corrected chi connectivity index (χ1v) is 13.8. The van der Waals surface area contributed by atoms with Gasteiger partial charge in [0.2, 0.25) is 21.8 Å². The molecule has 11 heteroatoms. The largest absolute Gasteiger partial charge is 0.360 e. The van der Waals surface area contributed by atoms with Crippen LogP contribution in [0.5, 0.6) is 0 Å². The lowest BCUT2D eigenvalue weighted by Crippen LogP contribution is -2.58. The summed E-state index contributed by atoms with van der Waals surface area (Å²) in [6.45, 7) is 7.72. The van der Waals surface area contributed by atoms with E-state index in [0.717, 1.165) is 11.6 Å². The van der Waals surface area contributed by atoms with E-state index in [9.17, 15) is 22.4 Å². The number of rotatable bonds is 6. The Morgan fingerprint density at radius 3 is 2.56 bits per heavy atom. The summed E-state index contributed by atoms with van der Waals surface area (Å²) in [6, 6.07) is 2.08. The number of benzene rings is 1. The lowest BCUT2D eigenvalue weighted by Gasteiger charge is -2.36. The van der Waals surface area contributed by atoms with Crippen molar-refractivity contribution in [3.05, 3.63) is 42.0 Å². The third kappa shape index (κ3) is 4.61. The normalized spacial score (nSPS) is 21.9. The van der Waals surface area contributed by atoms with Gasteiger partial charge >= 0.3 is 0 Å². The fourth-order valence-corrected chi connectivity index (χ4v) is 6.11. The van der Waals surface area contributed by atoms with Gasteiger partial charge in [0.25, 0.3) is 0 Å². The Bertz CT molecular complexity index is 1330. The number of likely N-dealkylation sites (N-methyl/N-ethyl adjacent to an activating group) is 1. The van der Waals surface area contributed by atoms with Crippen LogP contribution in [-0.2, 0) is 19.6 Å². The number of carbonyl (C=O) groups is 2. The Balaban J connectivity index is 1.76. The molecule has 2 aliphatic rings. The van der Waals surface area contributed by atoms with Gasteiger partial charge in [-0.3, -0.25) is 13.9 Å². The molecule has 4 atom stereocenters. The maximum absolute atomic E-state index is 14.0. The molecule has 4 unspecified atom stereocenters. The van der Waals surface area contributed by atoms with E-state index >= 15 is 0 Å². The number of sulfonamides is 1. The van der Waals surface area contributed by atoms with E-state index in [2.05, 4.69) is 15.6 Å². The monoisotopic (exact) mass is 519 g/mol. The SMILES string of the molecule is CNC(C)C(=O)NC(C(=O)N1CCC2C1C(c1c[nH]c3cc(F)ccc13)=CN2S(C)(=O)=O)C(C)(C)C. The smallest absolute Gasteiger partial charge is 0.246 e. The minimum Gasteiger partial charge on any atom is -0.360 e. The van der Waals surface area contributed by atoms with Gasteiger partial charge in [-0.05, 0) is 44.0 Å². The molecule has 2 aromatic rings. The number of halogens is 1. The highest BCUT2D eigenvalue weighted by atomic mass is 32.2. The van der Waals surface area contributed by atoms with Gasteiger partial charge in [0.05, 0.1) is 24.4 Å². The predicted molar refractivity (Wildman–Crippen MR) is 137 cm³/mol. The summed E-state index contributed by atoms with van der Waals surface area (Å²) in [4.78, 5) is 31.5. The molecule has 2 amide bonds. The summed E-state index contributed by atoms with van der Waals surface area (Å²) >= 11 is 0. The number of aromatic amines is 1. The van der Waals surface area contributed by atoms with Crippen molar-refractivity contribution in [2.75, 3.05) is 19.8 Å². The number of fused-ring (bicyclic) bond motifs is 2. The minimum absolute atomic E-state index is 0.265. The summed E-state index contributed by atoms with van der Waals surface area (Å²) in [5, 5.41) is 6.52. The number of nitrogens with zero attached hydrogens (tertiary/aromatic N) is 2. The van der Waals surface area contributed by atoms with Gasteiger partial charge in [-0.25, -0.2) is 12.8 Å². The van der Waals surface area contributed by atoms with Crippen LogP contribution in [0, 0.1) is 11.2 Å². The molecule has 1 fully saturated rings. The third-order valence-electron chi connectivity index (χ3n) is 7.12. The number of hydrogen-bond donors (Lipinski definition) is 3. The molecule has 2 aliphatic heterocycles. The predicted octanol–water partition coefficient (Wildman–Crippen LogP) is 2.03. The first kappa shape index (κ1) is 26.2. The minimum atomic E-state index is -3.60. The van der Waals surface area contributed by atoms with Crippen molar-refractivity contribution in [3.63, 3.8) is 0 Å². The van der Waals surface area contributed by atoms with E-state index in [1.54, 1.807) is 37.3 Å². The molecule has 0 spiro atoms. The molecule has 0 radical (unpaired) electrons. The quantitative estimate of drug-likeness (QED) is 0.540. The molecule has 4 rings (SSSR count). The number of nitrogens with one attached hydrogen (secondary N) is 3. The second-order valence-corrected chi connectivity index (χ2v) is 12.6. The maximum atomic E-state index is 14.0. The van der Waals surface area contributed by atoms with Crippen LogP contribution in [0.3, 0.4) is 0 Å². The molecule has 9 nitrogen and oxygen atoms in total. The van der Waals surface area contributed by atoms with Crippen molar-refractivity contribution >= 4 is 38.3 Å². The zero-order valence-corrected chi connectivity index (χ0v) is 22.2. The second kappa shape index (κ2) is 9.19. The lowest BCUT2D eigenvalue weighted by molar-refractivity contribution is -0.139. The van der Waals surface area contributed by atoms with Crippen LogP contribution in [0.2, 0.25) is 0 Å². The standard InChI is InChI=1S/C25H34FN5O4S/c1-14(27-5)23(32)29-22(25(2,3)4)24(33)30-10-9-20-21(30)18(13-31(20)36(6,34)35)17-12-28-19-11-15(26)7-8-16(17)19/h7-8,11-14,20-22,27-28H,9-10H2,1-6H3,(H,29,32). The number of H-pyrrole nitrogens is 1. The van der Waals surface area contributed by atoms with E-state index < -0.39 is 39.6 Å². The molecule has 196 valence electrons. The summed E-state index contributed by atoms with van der Waals surface area (Å²) < 4.78 is 40.5. The highest BCUT2D eigenvalue weighted by Gasteiger charge is 2.51. The number of carbonyl (C=O) groups excluding carboxylic acids is 2. The first-order chi connectivity index (χ1) is 16.7. The van der Waals surface area contributed by atoms with E-state index in [1.807, 2.05) is 20.8 Å². The Morgan fingerprint density at radius 1 is 1.25 bits per heavy atom. The van der Waals surface area contributed by atoms with E-state index in [1.165, 1.54) is 16.4 Å². The zero-order valence-electron chi connectivity index (χ0n) is 21.4. The van der Waals surface area contributed by atoms with E-state index in [0.29, 0.717) is 29.6 Å². The second-order valence-electron chi connectivity index (χ2n) is 10.7. The van der Waals surface area contributed by atoms with Crippen LogP contribution < -0.4 is 10.6 Å². The van der Waals surface area contributed by atoms with Crippen molar-refractivity contribution in [1.29, 1.82) is 0 Å². The van der Waals surface area contributed by atoms with E-state index in [4.69, 9.17) is 0 Å². The van der Waals surface area contributed by atoms with Gasteiger partial charge in [0.1, 0.15) is 11.9 Å². The van der Waals surface area contributed by atoms with Gasteiger partial charge in [-0.1, -0.05) is 20.8 Å². The molecule has 36 heavy (non-hydrogen) atoms. The van der Waals surface area contributed by atoms with Crippen LogP contribution in [0.25, 0.3) is 16.5 Å². The van der Waals surface area contributed by atoms with Crippen molar-refractivity contribution in [1.82, 2.24) is 24.8 Å². The Hall–Kier alpha value is -2.92. The fourth-order valence-electron chi connectivity index (χ4n) is 5.09. The topological polar surface area (TPSA) is 115 Å². The molecule has 3 N–H and O–H groups in total. The first-order valence-electron chi connectivity index (χ1n) is 12.0. The molecule has 1 aromatic carbocycles. The zero-order chi connectivity index (χ0) is 26.6. The maximum Gasteiger partial charge on any atom is 0.246 e. The molecule has 3 heterocycles. The van der Waals surface area contributed by atoms with Crippen LogP contribution in [0.4, 0.5) is 4.39 Å². The van der Waals surface area contributed by atoms with Crippen molar-refractivity contribution in [2.24, 2.45) is 5.41 Å². The van der Waals surface area contributed by atoms with Gasteiger partial charge in [0.15, 0.2) is 0 Å². The van der Waals surface area contributed by atoms with E-state index in [-0.39, 0.29) is 17.6 Å². The Labute approximate surface area is 211 Å². The van der Waals surface area contributed by atoms with Gasteiger partial charge < -0.3 is 20.5 Å². The van der Waals surface area contributed by atoms with Crippen LogP contribution in [0.15, 0.2) is 30.6 Å². The molecule has 0 aliphatic carbocycles. The van der Waals surface area contributed by atoms with Crippen molar-refractivity contribution < 1.29 is 22.4 Å². The van der Waals surface area contributed by atoms with Crippen molar-refractivity contribution in [3.8, 4) is 0 Å².